The lowest BCUT2D eigenvalue weighted by atomic mass is 10.2. The van der Waals surface area contributed by atoms with E-state index in [2.05, 4.69) is 10.5 Å². The first-order chi connectivity index (χ1) is 11.1. The van der Waals surface area contributed by atoms with Crippen molar-refractivity contribution < 1.29 is 14.6 Å². The van der Waals surface area contributed by atoms with E-state index in [1.807, 2.05) is 31.2 Å². The maximum absolute atomic E-state index is 11.7. The Kier molecular flexibility index (Phi) is 6.05. The van der Waals surface area contributed by atoms with E-state index in [9.17, 15) is 9.90 Å². The normalized spacial score (nSPS) is 10.7. The van der Waals surface area contributed by atoms with Crippen LogP contribution in [0.4, 0.5) is 0 Å². The molecule has 0 radical (unpaired) electrons. The minimum atomic E-state index is -0.214. The van der Waals surface area contributed by atoms with E-state index >= 15 is 0 Å². The summed E-state index contributed by atoms with van der Waals surface area (Å²) in [4.78, 5) is 12.8. The molecule has 0 heterocycles. The average molecular weight is 330 g/mol. The molecule has 0 spiro atoms. The van der Waals surface area contributed by atoms with E-state index in [0.29, 0.717) is 11.3 Å². The van der Waals surface area contributed by atoms with Gasteiger partial charge in [0.15, 0.2) is 11.5 Å². The quantitative estimate of drug-likeness (QED) is 0.485. The second-order valence-electron chi connectivity index (χ2n) is 4.79. The SMILES string of the molecule is COc1cccc(/C=N\NC(=O)CSc2ccc(C)cc2)c1O. The Morgan fingerprint density at radius 3 is 2.74 bits per heavy atom. The van der Waals surface area contributed by atoms with Gasteiger partial charge in [0, 0.05) is 10.5 Å². The van der Waals surface area contributed by atoms with Gasteiger partial charge in [0.05, 0.1) is 19.1 Å². The molecule has 23 heavy (non-hydrogen) atoms. The zero-order valence-electron chi connectivity index (χ0n) is 12.9. The van der Waals surface area contributed by atoms with Gasteiger partial charge in [-0.25, -0.2) is 5.43 Å². The molecule has 2 N–H and O–H groups in total. The van der Waals surface area contributed by atoms with Crippen molar-refractivity contribution in [1.82, 2.24) is 5.43 Å². The fourth-order valence-corrected chi connectivity index (χ4v) is 2.49. The number of phenolic OH excluding ortho intramolecular Hbond substituents is 1. The van der Waals surface area contributed by atoms with Crippen molar-refractivity contribution in [3.05, 3.63) is 53.6 Å². The predicted octanol–water partition coefficient (Wildman–Crippen LogP) is 2.95. The highest BCUT2D eigenvalue weighted by Crippen LogP contribution is 2.27. The Balaban J connectivity index is 1.85. The van der Waals surface area contributed by atoms with E-state index < -0.39 is 0 Å². The molecule has 6 heteroatoms. The summed E-state index contributed by atoms with van der Waals surface area (Å²) in [5.74, 6) is 0.399. The number of thioether (sulfide) groups is 1. The molecule has 0 aliphatic heterocycles. The molecule has 0 unspecified atom stereocenters. The first-order valence-corrected chi connectivity index (χ1v) is 7.96. The third-order valence-electron chi connectivity index (χ3n) is 3.03. The summed E-state index contributed by atoms with van der Waals surface area (Å²) in [6, 6.07) is 13.0. The van der Waals surface area contributed by atoms with Crippen molar-refractivity contribution in [1.29, 1.82) is 0 Å². The molecule has 0 aliphatic carbocycles. The Bertz CT molecular complexity index is 699. The number of aryl methyl sites for hydroxylation is 1. The molecule has 2 aromatic rings. The average Bonchev–Trinajstić information content (AvgIpc) is 2.56. The van der Waals surface area contributed by atoms with Crippen LogP contribution in [0.3, 0.4) is 0 Å². The van der Waals surface area contributed by atoms with Crippen molar-refractivity contribution in [2.24, 2.45) is 5.10 Å². The maximum atomic E-state index is 11.7. The van der Waals surface area contributed by atoms with E-state index in [-0.39, 0.29) is 17.4 Å². The van der Waals surface area contributed by atoms with Crippen molar-refractivity contribution >= 4 is 23.9 Å². The van der Waals surface area contributed by atoms with Crippen LogP contribution >= 0.6 is 11.8 Å². The molecule has 0 saturated carbocycles. The van der Waals surface area contributed by atoms with Crippen LogP contribution in [-0.2, 0) is 4.79 Å². The van der Waals surface area contributed by atoms with Gasteiger partial charge < -0.3 is 9.84 Å². The lowest BCUT2D eigenvalue weighted by Crippen LogP contribution is -2.19. The highest BCUT2D eigenvalue weighted by Gasteiger charge is 2.05. The van der Waals surface area contributed by atoms with Gasteiger partial charge in [0.25, 0.3) is 0 Å². The Hall–Kier alpha value is -2.47. The van der Waals surface area contributed by atoms with Gasteiger partial charge in [-0.2, -0.15) is 5.10 Å². The number of carbonyl (C=O) groups is 1. The predicted molar refractivity (Wildman–Crippen MR) is 92.3 cm³/mol. The van der Waals surface area contributed by atoms with Crippen LogP contribution in [0, 0.1) is 6.92 Å². The smallest absolute Gasteiger partial charge is 0.250 e. The zero-order valence-corrected chi connectivity index (χ0v) is 13.8. The molecular weight excluding hydrogens is 312 g/mol. The molecule has 0 fully saturated rings. The van der Waals surface area contributed by atoms with Crippen molar-refractivity contribution in [3.63, 3.8) is 0 Å². The highest BCUT2D eigenvalue weighted by molar-refractivity contribution is 8.00. The van der Waals surface area contributed by atoms with E-state index in [1.54, 1.807) is 18.2 Å². The van der Waals surface area contributed by atoms with Crippen molar-refractivity contribution in [3.8, 4) is 11.5 Å². The lowest BCUT2D eigenvalue weighted by Gasteiger charge is -2.05. The second kappa shape index (κ2) is 8.24. The van der Waals surface area contributed by atoms with E-state index in [0.717, 1.165) is 4.90 Å². The number of ether oxygens (including phenoxy) is 1. The van der Waals surface area contributed by atoms with Crippen LogP contribution < -0.4 is 10.2 Å². The van der Waals surface area contributed by atoms with Crippen LogP contribution in [0.15, 0.2) is 52.5 Å². The Morgan fingerprint density at radius 1 is 1.30 bits per heavy atom. The molecule has 0 aromatic heterocycles. The maximum Gasteiger partial charge on any atom is 0.250 e. The van der Waals surface area contributed by atoms with Crippen LogP contribution in [0.2, 0.25) is 0 Å². The van der Waals surface area contributed by atoms with Gasteiger partial charge in [-0.3, -0.25) is 4.79 Å². The summed E-state index contributed by atoms with van der Waals surface area (Å²) >= 11 is 1.44. The molecule has 0 bridgehead atoms. The minimum Gasteiger partial charge on any atom is -0.504 e. The fraction of sp³-hybridized carbons (Fsp3) is 0.176. The number of para-hydroxylation sites is 1. The van der Waals surface area contributed by atoms with E-state index in [1.165, 1.54) is 30.6 Å². The molecule has 120 valence electrons. The number of carbonyl (C=O) groups excluding carboxylic acids is 1. The molecule has 0 atom stereocenters. The van der Waals surface area contributed by atoms with Gasteiger partial charge >= 0.3 is 0 Å². The van der Waals surface area contributed by atoms with Crippen LogP contribution in [0.1, 0.15) is 11.1 Å². The van der Waals surface area contributed by atoms with E-state index in [4.69, 9.17) is 4.74 Å². The summed E-state index contributed by atoms with van der Waals surface area (Å²) in [7, 11) is 1.47. The zero-order chi connectivity index (χ0) is 16.7. The summed E-state index contributed by atoms with van der Waals surface area (Å²) in [6.45, 7) is 2.02. The second-order valence-corrected chi connectivity index (χ2v) is 5.84. The third-order valence-corrected chi connectivity index (χ3v) is 4.05. The number of aromatic hydroxyl groups is 1. The number of benzene rings is 2. The molecule has 1 amide bonds. The highest BCUT2D eigenvalue weighted by atomic mass is 32.2. The summed E-state index contributed by atoms with van der Waals surface area (Å²) in [5, 5.41) is 13.7. The minimum absolute atomic E-state index is 0.0120. The number of methoxy groups -OCH3 is 1. The number of phenols is 1. The molecule has 0 saturated heterocycles. The Labute approximate surface area is 139 Å². The molecule has 5 nitrogen and oxygen atoms in total. The number of amides is 1. The standard InChI is InChI=1S/C17H18N2O3S/c1-12-6-8-14(9-7-12)23-11-16(20)19-18-10-13-4-3-5-15(22-2)17(13)21/h3-10,21H,11H2,1-2H3,(H,19,20)/b18-10-. The van der Waals surface area contributed by atoms with Crippen molar-refractivity contribution in [2.45, 2.75) is 11.8 Å². The van der Waals surface area contributed by atoms with Crippen molar-refractivity contribution in [2.75, 3.05) is 12.9 Å². The van der Waals surface area contributed by atoms with Gasteiger partial charge in [-0.1, -0.05) is 23.8 Å². The summed E-state index contributed by atoms with van der Waals surface area (Å²) < 4.78 is 5.01. The number of nitrogens with zero attached hydrogens (tertiary/aromatic N) is 1. The molecular formula is C17H18N2O3S. The topological polar surface area (TPSA) is 70.9 Å². The van der Waals surface area contributed by atoms with Gasteiger partial charge in [0.1, 0.15) is 0 Å². The molecule has 2 aromatic carbocycles. The van der Waals surface area contributed by atoms with Crippen LogP contribution in [0.5, 0.6) is 11.5 Å². The monoisotopic (exact) mass is 330 g/mol. The van der Waals surface area contributed by atoms with Gasteiger partial charge in [-0.05, 0) is 31.2 Å². The van der Waals surface area contributed by atoms with Gasteiger partial charge in [0.2, 0.25) is 5.91 Å². The molecule has 0 aliphatic rings. The Morgan fingerprint density at radius 2 is 2.04 bits per heavy atom. The third kappa shape index (κ3) is 5.03. The number of hydrazone groups is 1. The molecule has 2 rings (SSSR count). The first kappa shape index (κ1) is 16.9. The van der Waals surface area contributed by atoms with Crippen LogP contribution in [-0.4, -0.2) is 30.1 Å². The number of hydrogen-bond donors (Lipinski definition) is 2. The fourth-order valence-electron chi connectivity index (χ4n) is 1.80. The van der Waals surface area contributed by atoms with Gasteiger partial charge in [-0.15, -0.1) is 11.8 Å². The number of rotatable bonds is 6. The first-order valence-electron chi connectivity index (χ1n) is 6.97. The number of hydrogen-bond acceptors (Lipinski definition) is 5. The lowest BCUT2D eigenvalue weighted by molar-refractivity contribution is -0.118. The van der Waals surface area contributed by atoms with Crippen LogP contribution in [0.25, 0.3) is 0 Å². The summed E-state index contributed by atoms with van der Waals surface area (Å²) in [6.07, 6.45) is 1.38. The number of nitrogens with one attached hydrogen (secondary N) is 1. The largest absolute Gasteiger partial charge is 0.504 e. The summed E-state index contributed by atoms with van der Waals surface area (Å²) in [5.41, 5.74) is 4.09.